The van der Waals surface area contributed by atoms with Crippen LogP contribution in [-0.2, 0) is 14.4 Å². The zero-order chi connectivity index (χ0) is 23.9. The molecule has 1 aromatic carbocycles. The number of nitrogens with one attached hydrogen (secondary N) is 3. The van der Waals surface area contributed by atoms with Gasteiger partial charge in [0, 0.05) is 36.3 Å². The van der Waals surface area contributed by atoms with Crippen molar-refractivity contribution in [3.63, 3.8) is 0 Å². The molecule has 0 aliphatic carbocycles. The fourth-order valence-electron chi connectivity index (χ4n) is 2.98. The van der Waals surface area contributed by atoms with Gasteiger partial charge in [-0.3, -0.25) is 19.2 Å². The lowest BCUT2D eigenvalue weighted by Crippen LogP contribution is -2.45. The predicted molar refractivity (Wildman–Crippen MR) is 127 cm³/mol. The van der Waals surface area contributed by atoms with E-state index in [4.69, 9.17) is 0 Å². The Bertz CT molecular complexity index is 906. The third-order valence-corrected chi connectivity index (χ3v) is 5.68. The summed E-state index contributed by atoms with van der Waals surface area (Å²) in [5, 5.41) is 8.14. The van der Waals surface area contributed by atoms with E-state index in [1.165, 1.54) is 17.8 Å². The summed E-state index contributed by atoms with van der Waals surface area (Å²) in [4.78, 5) is 54.9. The molecule has 2 rings (SSSR count). The third kappa shape index (κ3) is 7.67. The number of hydrogen-bond donors (Lipinski definition) is 3. The smallest absolute Gasteiger partial charge is 0.262 e. The lowest BCUT2D eigenvalue weighted by Gasteiger charge is -2.20. The Hall–Kier alpha value is -2.88. The van der Waals surface area contributed by atoms with Gasteiger partial charge < -0.3 is 20.9 Å². The topological polar surface area (TPSA) is 120 Å². The van der Waals surface area contributed by atoms with Gasteiger partial charge in [0.05, 0.1) is 6.54 Å². The lowest BCUT2D eigenvalue weighted by molar-refractivity contribution is -0.121. The fourth-order valence-corrected chi connectivity index (χ4v) is 4.17. The highest BCUT2D eigenvalue weighted by Gasteiger charge is 2.32. The number of benzene rings is 1. The molecule has 0 saturated carbocycles. The summed E-state index contributed by atoms with van der Waals surface area (Å²) in [6.07, 6.45) is -0.0127. The van der Waals surface area contributed by atoms with Crippen molar-refractivity contribution in [3.8, 4) is 0 Å². The average molecular weight is 462 g/mol. The Morgan fingerprint density at radius 2 is 1.81 bits per heavy atom. The number of thioether (sulfide) groups is 1. The number of amides is 4. The van der Waals surface area contributed by atoms with E-state index in [0.717, 1.165) is 13.1 Å². The van der Waals surface area contributed by atoms with Crippen LogP contribution in [0.5, 0.6) is 0 Å². The molecule has 0 spiro atoms. The van der Waals surface area contributed by atoms with Gasteiger partial charge in [-0.1, -0.05) is 17.8 Å². The van der Waals surface area contributed by atoms with Gasteiger partial charge in [-0.15, -0.1) is 0 Å². The highest BCUT2D eigenvalue weighted by molar-refractivity contribution is 8.15. The Kier molecular flexibility index (Phi) is 8.82. The summed E-state index contributed by atoms with van der Waals surface area (Å²) in [6.45, 7) is 10.9. The Balaban J connectivity index is 1.90. The minimum absolute atomic E-state index is 0.0127. The van der Waals surface area contributed by atoms with Crippen LogP contribution in [0.15, 0.2) is 29.3 Å². The number of carbonyl (C=O) groups excluding carboxylic acids is 4. The molecule has 1 heterocycles. The van der Waals surface area contributed by atoms with Gasteiger partial charge in [0.25, 0.3) is 11.8 Å². The van der Waals surface area contributed by atoms with Crippen LogP contribution >= 0.6 is 11.8 Å². The predicted octanol–water partition coefficient (Wildman–Crippen LogP) is 2.00. The van der Waals surface area contributed by atoms with E-state index in [0.29, 0.717) is 16.4 Å². The fraction of sp³-hybridized carbons (Fsp3) is 0.500. The van der Waals surface area contributed by atoms with Crippen molar-refractivity contribution in [2.75, 3.05) is 25.0 Å². The molecule has 174 valence electrons. The van der Waals surface area contributed by atoms with Crippen LogP contribution in [0, 0.1) is 0 Å². The summed E-state index contributed by atoms with van der Waals surface area (Å²) < 4.78 is 0. The number of anilines is 1. The normalized spacial score (nSPS) is 15.7. The van der Waals surface area contributed by atoms with E-state index in [1.54, 1.807) is 18.2 Å². The largest absolute Gasteiger partial charge is 0.352 e. The van der Waals surface area contributed by atoms with Crippen molar-refractivity contribution >= 4 is 46.2 Å². The Labute approximate surface area is 192 Å². The Morgan fingerprint density at radius 1 is 1.12 bits per heavy atom. The molecular weight excluding hydrogens is 430 g/mol. The second-order valence-corrected chi connectivity index (χ2v) is 9.50. The molecule has 10 heteroatoms. The first-order valence-corrected chi connectivity index (χ1v) is 11.4. The van der Waals surface area contributed by atoms with Crippen molar-refractivity contribution < 1.29 is 19.2 Å². The molecule has 32 heavy (non-hydrogen) atoms. The minimum atomic E-state index is -0.557. The SMILES string of the molecule is CCN(CC)C1=NC(=O)[C@H](CC(=O)Nc2cccc(C(=O)NCC(=O)NC(C)(C)C)c2)S1. The molecular formula is C22H31N5O4S. The first-order valence-electron chi connectivity index (χ1n) is 10.6. The van der Waals surface area contributed by atoms with Crippen molar-refractivity contribution in [2.45, 2.75) is 51.8 Å². The monoisotopic (exact) mass is 461 g/mol. The van der Waals surface area contributed by atoms with Crippen LogP contribution in [-0.4, -0.2) is 64.1 Å². The van der Waals surface area contributed by atoms with Gasteiger partial charge in [0.15, 0.2) is 5.17 Å². The average Bonchev–Trinajstić information content (AvgIpc) is 3.05. The highest BCUT2D eigenvalue weighted by atomic mass is 32.2. The van der Waals surface area contributed by atoms with Crippen LogP contribution in [0.1, 0.15) is 51.4 Å². The zero-order valence-electron chi connectivity index (χ0n) is 19.2. The van der Waals surface area contributed by atoms with Crippen LogP contribution < -0.4 is 16.0 Å². The van der Waals surface area contributed by atoms with Gasteiger partial charge in [-0.25, -0.2) is 0 Å². The summed E-state index contributed by atoms with van der Waals surface area (Å²) in [6, 6.07) is 6.41. The number of carbonyl (C=O) groups is 4. The maximum atomic E-state index is 12.5. The maximum Gasteiger partial charge on any atom is 0.262 e. The number of amidine groups is 1. The molecule has 1 aliphatic rings. The molecule has 0 radical (unpaired) electrons. The zero-order valence-corrected chi connectivity index (χ0v) is 20.0. The van der Waals surface area contributed by atoms with E-state index in [9.17, 15) is 19.2 Å². The maximum absolute atomic E-state index is 12.5. The Morgan fingerprint density at radius 3 is 2.44 bits per heavy atom. The van der Waals surface area contributed by atoms with Gasteiger partial charge in [0.1, 0.15) is 5.25 Å². The van der Waals surface area contributed by atoms with Crippen molar-refractivity contribution in [1.82, 2.24) is 15.5 Å². The standard InChI is InChI=1S/C22H31N5O4S/c1-6-27(7-2)21-25-20(31)16(32-21)12-17(28)24-15-10-8-9-14(11-15)19(30)23-13-18(29)26-22(3,4)5/h8-11,16H,6-7,12-13H2,1-5H3,(H,23,30)(H,24,28)(H,26,29)/t16-/m0/s1. The molecule has 4 amide bonds. The lowest BCUT2D eigenvalue weighted by atomic mass is 10.1. The van der Waals surface area contributed by atoms with Crippen LogP contribution in [0.25, 0.3) is 0 Å². The second-order valence-electron chi connectivity index (χ2n) is 8.33. The van der Waals surface area contributed by atoms with E-state index in [2.05, 4.69) is 20.9 Å². The third-order valence-electron chi connectivity index (χ3n) is 4.47. The second kappa shape index (κ2) is 11.1. The number of rotatable bonds is 8. The quantitative estimate of drug-likeness (QED) is 0.545. The molecule has 9 nitrogen and oxygen atoms in total. The number of aliphatic imine (C=N–C) groups is 1. The van der Waals surface area contributed by atoms with Crippen LogP contribution in [0.3, 0.4) is 0 Å². The number of hydrogen-bond acceptors (Lipinski definition) is 6. The summed E-state index contributed by atoms with van der Waals surface area (Å²) in [5.74, 6) is -1.37. The van der Waals surface area contributed by atoms with E-state index >= 15 is 0 Å². The van der Waals surface area contributed by atoms with Crippen LogP contribution in [0.4, 0.5) is 5.69 Å². The molecule has 0 bridgehead atoms. The molecule has 0 saturated heterocycles. The molecule has 0 fully saturated rings. The number of nitrogens with zero attached hydrogens (tertiary/aromatic N) is 2. The summed E-state index contributed by atoms with van der Waals surface area (Å²) in [5.41, 5.74) is 0.356. The molecule has 1 aromatic rings. The van der Waals surface area contributed by atoms with Crippen molar-refractivity contribution in [2.24, 2.45) is 4.99 Å². The van der Waals surface area contributed by atoms with Crippen molar-refractivity contribution in [3.05, 3.63) is 29.8 Å². The van der Waals surface area contributed by atoms with Gasteiger partial charge >= 0.3 is 0 Å². The summed E-state index contributed by atoms with van der Waals surface area (Å²) >= 11 is 1.30. The highest BCUT2D eigenvalue weighted by Crippen LogP contribution is 2.27. The molecule has 3 N–H and O–H groups in total. The van der Waals surface area contributed by atoms with Gasteiger partial charge in [0.2, 0.25) is 11.8 Å². The van der Waals surface area contributed by atoms with E-state index in [-0.39, 0.29) is 36.2 Å². The molecule has 0 aromatic heterocycles. The van der Waals surface area contributed by atoms with Gasteiger partial charge in [-0.05, 0) is 52.8 Å². The van der Waals surface area contributed by atoms with Gasteiger partial charge in [-0.2, -0.15) is 4.99 Å². The van der Waals surface area contributed by atoms with Crippen LogP contribution in [0.2, 0.25) is 0 Å². The van der Waals surface area contributed by atoms with Crippen molar-refractivity contribution in [1.29, 1.82) is 0 Å². The minimum Gasteiger partial charge on any atom is -0.352 e. The molecule has 1 aliphatic heterocycles. The summed E-state index contributed by atoms with van der Waals surface area (Å²) in [7, 11) is 0. The first kappa shape index (κ1) is 25.4. The first-order chi connectivity index (χ1) is 15.0. The molecule has 0 unspecified atom stereocenters. The van der Waals surface area contributed by atoms with E-state index < -0.39 is 11.2 Å². The van der Waals surface area contributed by atoms with E-state index in [1.807, 2.05) is 39.5 Å². The molecule has 1 atom stereocenters.